The van der Waals surface area contributed by atoms with Crippen molar-refractivity contribution in [2.75, 3.05) is 14.2 Å². The topological polar surface area (TPSA) is 76.0 Å². The number of hydrogen-bond donors (Lipinski definition) is 2. The smallest absolute Gasteiger partial charge is 0.339 e. The molecule has 6 heteroatoms. The Hall–Kier alpha value is -2.76. The average molecular weight is 292 g/mol. The summed E-state index contributed by atoms with van der Waals surface area (Å²) in [6.07, 6.45) is 0. The van der Waals surface area contributed by atoms with Crippen LogP contribution in [0.1, 0.15) is 10.4 Å². The Morgan fingerprint density at radius 2 is 1.76 bits per heavy atom. The molecule has 0 radical (unpaired) electrons. The Morgan fingerprint density at radius 1 is 1.10 bits per heavy atom. The van der Waals surface area contributed by atoms with Crippen LogP contribution in [0.5, 0.6) is 17.2 Å². The fourth-order valence-electron chi connectivity index (χ4n) is 1.99. The number of carboxylic acid groups (broad SMARTS) is 1. The number of rotatable bonds is 4. The molecule has 0 spiro atoms. The quantitative estimate of drug-likeness (QED) is 0.906. The zero-order valence-electron chi connectivity index (χ0n) is 11.4. The van der Waals surface area contributed by atoms with Gasteiger partial charge in [0.1, 0.15) is 17.1 Å². The molecular weight excluding hydrogens is 279 g/mol. The SMILES string of the molecule is COc1cc(F)ccc1-c1cc(OC)c(O)c(C(=O)O)c1. The third-order valence-corrected chi connectivity index (χ3v) is 3.00. The summed E-state index contributed by atoms with van der Waals surface area (Å²) in [4.78, 5) is 11.2. The van der Waals surface area contributed by atoms with Gasteiger partial charge in [0.2, 0.25) is 0 Å². The first-order chi connectivity index (χ1) is 9.97. The summed E-state index contributed by atoms with van der Waals surface area (Å²) in [5, 5.41) is 18.9. The van der Waals surface area contributed by atoms with E-state index in [9.17, 15) is 14.3 Å². The summed E-state index contributed by atoms with van der Waals surface area (Å²) >= 11 is 0. The number of halogens is 1. The molecule has 2 aromatic rings. The predicted octanol–water partition coefficient (Wildman–Crippen LogP) is 2.91. The van der Waals surface area contributed by atoms with Gasteiger partial charge in [0.05, 0.1) is 14.2 Å². The van der Waals surface area contributed by atoms with Crippen molar-refractivity contribution >= 4 is 5.97 Å². The summed E-state index contributed by atoms with van der Waals surface area (Å²) < 4.78 is 23.3. The van der Waals surface area contributed by atoms with Gasteiger partial charge in [-0.15, -0.1) is 0 Å². The minimum Gasteiger partial charge on any atom is -0.504 e. The molecule has 0 aliphatic carbocycles. The van der Waals surface area contributed by atoms with Gasteiger partial charge < -0.3 is 19.7 Å². The highest BCUT2D eigenvalue weighted by atomic mass is 19.1. The van der Waals surface area contributed by atoms with E-state index in [4.69, 9.17) is 14.6 Å². The molecule has 2 aromatic carbocycles. The lowest BCUT2D eigenvalue weighted by molar-refractivity contribution is 0.0693. The fraction of sp³-hybridized carbons (Fsp3) is 0.133. The molecule has 0 amide bonds. The summed E-state index contributed by atoms with van der Waals surface area (Å²) in [7, 11) is 2.69. The Bertz CT molecular complexity index is 697. The standard InChI is InChI=1S/C15H13FO5/c1-20-12-7-9(16)3-4-10(12)8-5-11(15(18)19)14(17)13(6-8)21-2/h3-7,17H,1-2H3,(H,18,19). The minimum absolute atomic E-state index is 0.0104. The molecule has 0 heterocycles. The zero-order chi connectivity index (χ0) is 15.6. The van der Waals surface area contributed by atoms with Gasteiger partial charge in [0.25, 0.3) is 0 Å². The van der Waals surface area contributed by atoms with Gasteiger partial charge in [-0.05, 0) is 29.8 Å². The van der Waals surface area contributed by atoms with Gasteiger partial charge in [-0.1, -0.05) is 0 Å². The van der Waals surface area contributed by atoms with Crippen molar-refractivity contribution in [2.45, 2.75) is 0 Å². The van der Waals surface area contributed by atoms with Crippen LogP contribution in [-0.2, 0) is 0 Å². The van der Waals surface area contributed by atoms with Gasteiger partial charge in [0, 0.05) is 11.6 Å². The Kier molecular flexibility index (Phi) is 3.98. The molecule has 2 N–H and O–H groups in total. The first-order valence-electron chi connectivity index (χ1n) is 5.96. The molecule has 0 bridgehead atoms. The Morgan fingerprint density at radius 3 is 2.33 bits per heavy atom. The van der Waals surface area contributed by atoms with E-state index in [2.05, 4.69) is 0 Å². The van der Waals surface area contributed by atoms with Crippen LogP contribution in [0.15, 0.2) is 30.3 Å². The molecule has 0 saturated carbocycles. The number of carboxylic acids is 1. The molecule has 0 aliphatic rings. The van der Waals surface area contributed by atoms with Crippen LogP contribution in [0, 0.1) is 5.82 Å². The third kappa shape index (κ3) is 2.74. The molecule has 0 aliphatic heterocycles. The van der Waals surface area contributed by atoms with Gasteiger partial charge in [0.15, 0.2) is 11.5 Å². The number of aromatic carboxylic acids is 1. The number of aromatic hydroxyl groups is 1. The maximum atomic E-state index is 13.2. The largest absolute Gasteiger partial charge is 0.504 e. The fourth-order valence-corrected chi connectivity index (χ4v) is 1.99. The van der Waals surface area contributed by atoms with Gasteiger partial charge >= 0.3 is 5.97 Å². The van der Waals surface area contributed by atoms with E-state index in [1.54, 1.807) is 0 Å². The van der Waals surface area contributed by atoms with E-state index < -0.39 is 17.5 Å². The second-order valence-electron chi connectivity index (χ2n) is 4.22. The summed E-state index contributed by atoms with van der Waals surface area (Å²) in [5.74, 6) is -1.97. The Balaban J connectivity index is 2.69. The molecular formula is C15H13FO5. The number of ether oxygens (including phenoxy) is 2. The number of hydrogen-bond acceptors (Lipinski definition) is 4. The molecule has 2 rings (SSSR count). The highest BCUT2D eigenvalue weighted by Crippen LogP contribution is 2.38. The van der Waals surface area contributed by atoms with Gasteiger partial charge in [-0.25, -0.2) is 9.18 Å². The van der Waals surface area contributed by atoms with E-state index in [0.717, 1.165) is 0 Å². The third-order valence-electron chi connectivity index (χ3n) is 3.00. The second kappa shape index (κ2) is 5.70. The van der Waals surface area contributed by atoms with Crippen LogP contribution in [0.2, 0.25) is 0 Å². The van der Waals surface area contributed by atoms with Crippen molar-refractivity contribution in [3.8, 4) is 28.4 Å². The lowest BCUT2D eigenvalue weighted by atomic mass is 10.0. The number of methoxy groups -OCH3 is 2. The van der Waals surface area contributed by atoms with E-state index in [1.165, 1.54) is 44.6 Å². The first-order valence-corrected chi connectivity index (χ1v) is 5.96. The van der Waals surface area contributed by atoms with Crippen molar-refractivity contribution in [2.24, 2.45) is 0 Å². The van der Waals surface area contributed by atoms with E-state index in [0.29, 0.717) is 11.1 Å². The Labute approximate surface area is 120 Å². The summed E-state index contributed by atoms with van der Waals surface area (Å²) in [5.41, 5.74) is 0.606. The van der Waals surface area contributed by atoms with Crippen molar-refractivity contribution in [3.05, 3.63) is 41.7 Å². The average Bonchev–Trinajstić information content (AvgIpc) is 2.47. The number of benzene rings is 2. The highest BCUT2D eigenvalue weighted by Gasteiger charge is 2.18. The summed E-state index contributed by atoms with van der Waals surface area (Å²) in [6, 6.07) is 6.62. The molecule has 21 heavy (non-hydrogen) atoms. The van der Waals surface area contributed by atoms with Gasteiger partial charge in [-0.3, -0.25) is 0 Å². The lowest BCUT2D eigenvalue weighted by Crippen LogP contribution is -2.00. The predicted molar refractivity (Wildman–Crippen MR) is 73.6 cm³/mol. The number of phenols is 1. The molecule has 110 valence electrons. The molecule has 0 saturated heterocycles. The van der Waals surface area contributed by atoms with Crippen molar-refractivity contribution in [3.63, 3.8) is 0 Å². The van der Waals surface area contributed by atoms with Crippen LogP contribution in [-0.4, -0.2) is 30.4 Å². The normalized spacial score (nSPS) is 10.2. The second-order valence-corrected chi connectivity index (χ2v) is 4.22. The van der Waals surface area contributed by atoms with E-state index >= 15 is 0 Å². The van der Waals surface area contributed by atoms with Crippen LogP contribution < -0.4 is 9.47 Å². The van der Waals surface area contributed by atoms with Crippen LogP contribution >= 0.6 is 0 Å². The van der Waals surface area contributed by atoms with E-state index in [1.807, 2.05) is 0 Å². The molecule has 0 aromatic heterocycles. The molecule has 0 fully saturated rings. The minimum atomic E-state index is -1.30. The monoisotopic (exact) mass is 292 g/mol. The van der Waals surface area contributed by atoms with Crippen LogP contribution in [0.4, 0.5) is 4.39 Å². The summed E-state index contributed by atoms with van der Waals surface area (Å²) in [6.45, 7) is 0. The van der Waals surface area contributed by atoms with Crippen LogP contribution in [0.3, 0.4) is 0 Å². The maximum absolute atomic E-state index is 13.2. The molecule has 0 unspecified atom stereocenters. The zero-order valence-corrected chi connectivity index (χ0v) is 11.4. The van der Waals surface area contributed by atoms with E-state index in [-0.39, 0.29) is 17.1 Å². The van der Waals surface area contributed by atoms with Crippen molar-refractivity contribution in [1.29, 1.82) is 0 Å². The van der Waals surface area contributed by atoms with Crippen LogP contribution in [0.25, 0.3) is 11.1 Å². The first kappa shape index (κ1) is 14.6. The maximum Gasteiger partial charge on any atom is 0.339 e. The molecule has 5 nitrogen and oxygen atoms in total. The van der Waals surface area contributed by atoms with Crippen molar-refractivity contribution < 1.29 is 28.9 Å². The lowest BCUT2D eigenvalue weighted by Gasteiger charge is -2.12. The van der Waals surface area contributed by atoms with Gasteiger partial charge in [-0.2, -0.15) is 0 Å². The highest BCUT2D eigenvalue weighted by molar-refractivity contribution is 5.94. The number of carbonyl (C=O) groups is 1. The molecule has 0 atom stereocenters. The van der Waals surface area contributed by atoms with Crippen molar-refractivity contribution in [1.82, 2.24) is 0 Å².